The quantitative estimate of drug-likeness (QED) is 0.0657. The number of carbonyl (C=O) groups excluding carboxylic acids is 2. The van der Waals surface area contributed by atoms with Crippen molar-refractivity contribution in [2.24, 2.45) is 0 Å². The molecule has 194 valence electrons. The van der Waals surface area contributed by atoms with Crippen LogP contribution in [0.3, 0.4) is 0 Å². The van der Waals surface area contributed by atoms with Crippen LogP contribution in [-0.4, -0.2) is 38.1 Å². The molecule has 12 heteroatoms. The van der Waals surface area contributed by atoms with Crippen molar-refractivity contribution in [3.05, 3.63) is 85.0 Å². The van der Waals surface area contributed by atoms with Crippen molar-refractivity contribution in [2.45, 2.75) is 0 Å². The maximum absolute atomic E-state index is 12.8. The predicted octanol–water partition coefficient (Wildman–Crippen LogP) is 4.99. The Bertz CT molecular complexity index is 1460. The van der Waals surface area contributed by atoms with E-state index in [0.717, 1.165) is 6.07 Å². The smallest absolute Gasteiger partial charge is 0.343 e. The number of amides is 1. The number of nitro benzene ring substituents is 1. The molecule has 0 aliphatic carbocycles. The zero-order valence-corrected chi connectivity index (χ0v) is 22.5. The van der Waals surface area contributed by atoms with Gasteiger partial charge in [0.25, 0.3) is 11.6 Å². The number of nitriles is 1. The van der Waals surface area contributed by atoms with Gasteiger partial charge in [-0.25, -0.2) is 4.79 Å². The summed E-state index contributed by atoms with van der Waals surface area (Å²) < 4.78 is 21.5. The molecule has 0 heterocycles. The molecule has 0 unspecified atom stereocenters. The van der Waals surface area contributed by atoms with E-state index in [4.69, 9.17) is 18.9 Å². The summed E-state index contributed by atoms with van der Waals surface area (Å²) in [5.41, 5.74) is -0.129. The molecule has 3 aromatic carbocycles. The second kappa shape index (κ2) is 12.5. The average molecular weight is 629 g/mol. The lowest BCUT2D eigenvalue weighted by Crippen LogP contribution is -2.14. The van der Waals surface area contributed by atoms with Gasteiger partial charge in [0.15, 0.2) is 11.5 Å². The maximum atomic E-state index is 12.8. The van der Waals surface area contributed by atoms with E-state index < -0.39 is 22.5 Å². The van der Waals surface area contributed by atoms with Gasteiger partial charge in [-0.05, 0) is 82.8 Å². The van der Waals surface area contributed by atoms with Crippen LogP contribution >= 0.6 is 22.6 Å². The number of methoxy groups -OCH3 is 3. The fraction of sp³-hybridized carbons (Fsp3) is 0.115. The number of nitro groups is 1. The number of hydrogen-bond donors (Lipinski definition) is 1. The van der Waals surface area contributed by atoms with Gasteiger partial charge in [-0.3, -0.25) is 14.9 Å². The van der Waals surface area contributed by atoms with Gasteiger partial charge in [-0.2, -0.15) is 5.26 Å². The van der Waals surface area contributed by atoms with Crippen LogP contribution in [0.4, 0.5) is 11.4 Å². The Hall–Kier alpha value is -4.64. The van der Waals surface area contributed by atoms with E-state index in [-0.39, 0.29) is 28.5 Å². The number of esters is 1. The van der Waals surface area contributed by atoms with Crippen LogP contribution < -0.4 is 24.3 Å². The molecule has 3 rings (SSSR count). The van der Waals surface area contributed by atoms with E-state index in [9.17, 15) is 25.0 Å². The van der Waals surface area contributed by atoms with Crippen LogP contribution in [0.5, 0.6) is 23.0 Å². The Labute approximate surface area is 230 Å². The topological polar surface area (TPSA) is 150 Å². The number of hydrogen-bond acceptors (Lipinski definition) is 9. The van der Waals surface area contributed by atoms with Crippen LogP contribution in [0.2, 0.25) is 0 Å². The lowest BCUT2D eigenvalue weighted by molar-refractivity contribution is -0.384. The first-order chi connectivity index (χ1) is 18.2. The van der Waals surface area contributed by atoms with Crippen molar-refractivity contribution in [3.8, 4) is 29.1 Å². The standard InChI is InChI=1S/C26H20IN3O8/c1-35-18-6-4-16(5-7-18)26(32)38-24-20(27)11-15(12-23(24)37-3)10-17(14-28)25(31)29-21-9-8-19(36-2)13-22(21)30(33)34/h4-13H,1-3H3,(H,29,31)/b17-10+. The molecule has 0 aromatic heterocycles. The van der Waals surface area contributed by atoms with Crippen molar-refractivity contribution in [1.29, 1.82) is 5.26 Å². The summed E-state index contributed by atoms with van der Waals surface area (Å²) in [6.07, 6.45) is 1.28. The van der Waals surface area contributed by atoms with Crippen LogP contribution in [0.25, 0.3) is 6.08 Å². The molecule has 0 aliphatic rings. The number of anilines is 1. The van der Waals surface area contributed by atoms with Crippen LogP contribution in [0, 0.1) is 25.0 Å². The van der Waals surface area contributed by atoms with E-state index in [1.54, 1.807) is 36.4 Å². The zero-order valence-electron chi connectivity index (χ0n) is 20.3. The number of halogens is 1. The Balaban J connectivity index is 1.87. The molecule has 38 heavy (non-hydrogen) atoms. The highest BCUT2D eigenvalue weighted by Gasteiger charge is 2.21. The highest BCUT2D eigenvalue weighted by Crippen LogP contribution is 2.35. The van der Waals surface area contributed by atoms with Crippen molar-refractivity contribution in [3.63, 3.8) is 0 Å². The molecule has 0 saturated heterocycles. The third-order valence-electron chi connectivity index (χ3n) is 5.10. The predicted molar refractivity (Wildman–Crippen MR) is 146 cm³/mol. The minimum atomic E-state index is -0.857. The molecule has 0 spiro atoms. The van der Waals surface area contributed by atoms with E-state index in [1.807, 2.05) is 22.6 Å². The summed E-state index contributed by atoms with van der Waals surface area (Å²) in [5.74, 6) is -0.310. The summed E-state index contributed by atoms with van der Waals surface area (Å²) >= 11 is 1.94. The van der Waals surface area contributed by atoms with Gasteiger partial charge in [0.1, 0.15) is 28.8 Å². The number of carbonyl (C=O) groups is 2. The van der Waals surface area contributed by atoms with Crippen molar-refractivity contribution >= 4 is 51.9 Å². The average Bonchev–Trinajstić information content (AvgIpc) is 2.92. The fourth-order valence-electron chi connectivity index (χ4n) is 3.20. The summed E-state index contributed by atoms with van der Waals surface area (Å²) in [6.45, 7) is 0. The first-order valence-corrected chi connectivity index (χ1v) is 11.8. The van der Waals surface area contributed by atoms with E-state index in [1.165, 1.54) is 45.6 Å². The Morgan fingerprint density at radius 2 is 1.66 bits per heavy atom. The van der Waals surface area contributed by atoms with Crippen molar-refractivity contribution < 1.29 is 33.5 Å². The molecule has 0 saturated carbocycles. The number of rotatable bonds is 9. The molecule has 1 amide bonds. The minimum absolute atomic E-state index is 0.102. The first-order valence-electron chi connectivity index (χ1n) is 10.7. The van der Waals surface area contributed by atoms with Gasteiger partial charge in [-0.15, -0.1) is 0 Å². The lowest BCUT2D eigenvalue weighted by Gasteiger charge is -2.13. The largest absolute Gasteiger partial charge is 0.497 e. The van der Waals surface area contributed by atoms with Gasteiger partial charge in [0.2, 0.25) is 0 Å². The molecular weight excluding hydrogens is 609 g/mol. The van der Waals surface area contributed by atoms with Crippen LogP contribution in [-0.2, 0) is 4.79 Å². The van der Waals surface area contributed by atoms with Crippen molar-refractivity contribution in [1.82, 2.24) is 0 Å². The van der Waals surface area contributed by atoms with Crippen LogP contribution in [0.15, 0.2) is 60.2 Å². The van der Waals surface area contributed by atoms with Gasteiger partial charge in [0.05, 0.1) is 41.5 Å². The van der Waals surface area contributed by atoms with E-state index in [2.05, 4.69) is 5.32 Å². The second-order valence-electron chi connectivity index (χ2n) is 7.42. The Kier molecular flexibility index (Phi) is 9.23. The van der Waals surface area contributed by atoms with Crippen molar-refractivity contribution in [2.75, 3.05) is 26.6 Å². The third kappa shape index (κ3) is 6.56. The molecular formula is C26H20IN3O8. The molecule has 0 aliphatic heterocycles. The Morgan fingerprint density at radius 3 is 2.24 bits per heavy atom. The maximum Gasteiger partial charge on any atom is 0.343 e. The summed E-state index contributed by atoms with van der Waals surface area (Å²) in [5, 5.41) is 23.4. The first kappa shape index (κ1) is 27.9. The van der Waals surface area contributed by atoms with Crippen LogP contribution in [0.1, 0.15) is 15.9 Å². The second-order valence-corrected chi connectivity index (χ2v) is 8.58. The number of benzene rings is 3. The summed E-state index contributed by atoms with van der Waals surface area (Å²) in [7, 11) is 4.25. The fourth-order valence-corrected chi connectivity index (χ4v) is 3.94. The number of nitrogens with zero attached hydrogens (tertiary/aromatic N) is 2. The summed E-state index contributed by atoms with van der Waals surface area (Å²) in [4.78, 5) is 36.1. The highest BCUT2D eigenvalue weighted by atomic mass is 127. The monoisotopic (exact) mass is 629 g/mol. The molecule has 3 aromatic rings. The normalized spacial score (nSPS) is 10.7. The zero-order chi connectivity index (χ0) is 27.8. The Morgan fingerprint density at radius 1 is 1.00 bits per heavy atom. The number of nitrogens with one attached hydrogen (secondary N) is 1. The van der Waals surface area contributed by atoms with E-state index >= 15 is 0 Å². The molecule has 0 atom stereocenters. The van der Waals surface area contributed by atoms with Gasteiger partial charge in [-0.1, -0.05) is 0 Å². The third-order valence-corrected chi connectivity index (χ3v) is 5.90. The summed E-state index contributed by atoms with van der Waals surface area (Å²) in [6, 6.07) is 15.1. The highest BCUT2D eigenvalue weighted by molar-refractivity contribution is 14.1. The van der Waals surface area contributed by atoms with Gasteiger partial charge >= 0.3 is 5.97 Å². The molecule has 0 bridgehead atoms. The minimum Gasteiger partial charge on any atom is -0.497 e. The SMILES string of the molecule is COc1ccc(C(=O)Oc2c(I)cc(/C=C(\C#N)C(=O)Nc3ccc(OC)cc3[N+](=O)[O-])cc2OC)cc1. The molecule has 11 nitrogen and oxygen atoms in total. The van der Waals surface area contributed by atoms with E-state index in [0.29, 0.717) is 20.4 Å². The van der Waals surface area contributed by atoms with Gasteiger partial charge < -0.3 is 24.3 Å². The van der Waals surface area contributed by atoms with Gasteiger partial charge in [0, 0.05) is 0 Å². The lowest BCUT2D eigenvalue weighted by atomic mass is 10.1. The molecule has 0 fully saturated rings. The molecule has 1 N–H and O–H groups in total. The molecule has 0 radical (unpaired) electrons. The number of ether oxygens (including phenoxy) is 4.